The van der Waals surface area contributed by atoms with E-state index in [-0.39, 0.29) is 29.6 Å². The van der Waals surface area contributed by atoms with Gasteiger partial charge in [0, 0.05) is 50.7 Å². The summed E-state index contributed by atoms with van der Waals surface area (Å²) in [5, 5.41) is 3.14. The van der Waals surface area contributed by atoms with Crippen LogP contribution in [0.2, 0.25) is 0 Å². The molecule has 1 spiro atoms. The maximum absolute atomic E-state index is 12.7. The van der Waals surface area contributed by atoms with Crippen molar-refractivity contribution in [3.05, 3.63) is 30.1 Å². The zero-order chi connectivity index (χ0) is 15.4. The van der Waals surface area contributed by atoms with E-state index in [1.807, 2.05) is 12.1 Å². The number of ether oxygens (including phenoxy) is 1. The van der Waals surface area contributed by atoms with Crippen molar-refractivity contribution >= 4 is 18.3 Å². The van der Waals surface area contributed by atoms with Gasteiger partial charge in [0.1, 0.15) is 0 Å². The number of nitrogens with one attached hydrogen (secondary N) is 1. The van der Waals surface area contributed by atoms with Crippen molar-refractivity contribution in [3.63, 3.8) is 0 Å². The summed E-state index contributed by atoms with van der Waals surface area (Å²) >= 11 is 0. The van der Waals surface area contributed by atoms with Crippen molar-refractivity contribution in [2.45, 2.75) is 19.3 Å². The zero-order valence-electron chi connectivity index (χ0n) is 13.7. The molecule has 0 radical (unpaired) electrons. The molecule has 1 aromatic heterocycles. The minimum absolute atomic E-state index is 0. The van der Waals surface area contributed by atoms with Crippen LogP contribution in [0.25, 0.3) is 0 Å². The molecule has 1 aromatic rings. The Bertz CT molecular complexity index is 506. The Morgan fingerprint density at radius 3 is 2.78 bits per heavy atom. The van der Waals surface area contributed by atoms with Gasteiger partial charge in [-0.1, -0.05) is 0 Å². The van der Waals surface area contributed by atoms with Gasteiger partial charge < -0.3 is 15.0 Å². The molecule has 2 aliphatic rings. The highest BCUT2D eigenvalue weighted by molar-refractivity contribution is 5.85. The summed E-state index contributed by atoms with van der Waals surface area (Å²) in [7, 11) is 2.11. The molecule has 3 heterocycles. The number of hydrogen-bond donors (Lipinski definition) is 1. The van der Waals surface area contributed by atoms with Crippen LogP contribution in [0.3, 0.4) is 0 Å². The van der Waals surface area contributed by atoms with Gasteiger partial charge in [-0.3, -0.25) is 9.78 Å². The summed E-state index contributed by atoms with van der Waals surface area (Å²) < 4.78 is 5.50. The second-order valence-corrected chi connectivity index (χ2v) is 6.62. The third-order valence-corrected chi connectivity index (χ3v) is 5.09. The fourth-order valence-corrected chi connectivity index (χ4v) is 3.87. The molecule has 1 amide bonds. The first kappa shape index (κ1) is 18.2. The highest BCUT2D eigenvalue weighted by atomic mass is 35.5. The Hall–Kier alpha value is -1.17. The third-order valence-electron chi connectivity index (χ3n) is 5.09. The number of halogens is 1. The molecule has 2 fully saturated rings. The van der Waals surface area contributed by atoms with Crippen LogP contribution in [-0.4, -0.2) is 55.7 Å². The molecular formula is C17H26ClN3O2. The van der Waals surface area contributed by atoms with E-state index in [1.165, 1.54) is 5.56 Å². The van der Waals surface area contributed by atoms with Gasteiger partial charge >= 0.3 is 0 Å². The van der Waals surface area contributed by atoms with Crippen LogP contribution in [0.5, 0.6) is 0 Å². The van der Waals surface area contributed by atoms with Crippen molar-refractivity contribution < 1.29 is 9.53 Å². The van der Waals surface area contributed by atoms with E-state index in [2.05, 4.69) is 22.2 Å². The van der Waals surface area contributed by atoms with Crippen LogP contribution in [0.15, 0.2) is 24.5 Å². The molecule has 128 valence electrons. The number of likely N-dealkylation sites (tertiary alicyclic amines) is 1. The SMILES string of the molecule is CN1CC(C(=O)NCCc2ccncc2)C2(CCOCC2)C1.Cl. The molecule has 2 saturated heterocycles. The molecule has 3 rings (SSSR count). The van der Waals surface area contributed by atoms with E-state index in [4.69, 9.17) is 4.74 Å². The number of nitrogens with zero attached hydrogens (tertiary/aromatic N) is 2. The molecule has 1 unspecified atom stereocenters. The van der Waals surface area contributed by atoms with E-state index in [0.29, 0.717) is 6.54 Å². The van der Waals surface area contributed by atoms with Crippen LogP contribution < -0.4 is 5.32 Å². The van der Waals surface area contributed by atoms with Gasteiger partial charge in [-0.2, -0.15) is 0 Å². The van der Waals surface area contributed by atoms with Crippen LogP contribution in [-0.2, 0) is 16.0 Å². The fraction of sp³-hybridized carbons (Fsp3) is 0.647. The van der Waals surface area contributed by atoms with Gasteiger partial charge in [-0.25, -0.2) is 0 Å². The summed E-state index contributed by atoms with van der Waals surface area (Å²) in [5.74, 6) is 0.305. The predicted molar refractivity (Wildman–Crippen MR) is 91.7 cm³/mol. The molecule has 0 saturated carbocycles. The largest absolute Gasteiger partial charge is 0.381 e. The fourth-order valence-electron chi connectivity index (χ4n) is 3.87. The molecule has 23 heavy (non-hydrogen) atoms. The van der Waals surface area contributed by atoms with Gasteiger partial charge in [0.15, 0.2) is 0 Å². The first-order chi connectivity index (χ1) is 10.7. The van der Waals surface area contributed by atoms with E-state index in [9.17, 15) is 4.79 Å². The lowest BCUT2D eigenvalue weighted by Crippen LogP contribution is -2.44. The van der Waals surface area contributed by atoms with Gasteiger partial charge in [-0.05, 0) is 44.0 Å². The lowest BCUT2D eigenvalue weighted by Gasteiger charge is -2.37. The van der Waals surface area contributed by atoms with Gasteiger partial charge in [0.05, 0.1) is 5.92 Å². The van der Waals surface area contributed by atoms with Gasteiger partial charge in [-0.15, -0.1) is 12.4 Å². The predicted octanol–water partition coefficient (Wildman–Crippen LogP) is 1.52. The van der Waals surface area contributed by atoms with Crippen LogP contribution in [0.4, 0.5) is 0 Å². The Balaban J connectivity index is 0.00000192. The third kappa shape index (κ3) is 4.22. The van der Waals surface area contributed by atoms with Crippen molar-refractivity contribution in [1.29, 1.82) is 0 Å². The summed E-state index contributed by atoms with van der Waals surface area (Å²) in [6, 6.07) is 3.99. The smallest absolute Gasteiger partial charge is 0.225 e. The quantitative estimate of drug-likeness (QED) is 0.903. The molecule has 1 atom stereocenters. The first-order valence-corrected chi connectivity index (χ1v) is 8.12. The Kier molecular flexibility index (Phi) is 6.39. The number of aromatic nitrogens is 1. The van der Waals surface area contributed by atoms with Crippen LogP contribution >= 0.6 is 12.4 Å². The number of hydrogen-bond acceptors (Lipinski definition) is 4. The Morgan fingerprint density at radius 2 is 2.09 bits per heavy atom. The number of rotatable bonds is 4. The highest BCUT2D eigenvalue weighted by Crippen LogP contribution is 2.43. The number of carbonyl (C=O) groups excluding carboxylic acids is 1. The molecule has 6 heteroatoms. The number of pyridine rings is 1. The maximum Gasteiger partial charge on any atom is 0.225 e. The van der Waals surface area contributed by atoms with Gasteiger partial charge in [0.2, 0.25) is 5.91 Å². The van der Waals surface area contributed by atoms with E-state index in [1.54, 1.807) is 12.4 Å². The molecule has 2 aliphatic heterocycles. The average molecular weight is 340 g/mol. The second kappa shape index (κ2) is 8.08. The van der Waals surface area contributed by atoms with Crippen molar-refractivity contribution in [2.24, 2.45) is 11.3 Å². The first-order valence-electron chi connectivity index (χ1n) is 8.12. The molecule has 1 N–H and O–H groups in total. The number of amides is 1. The Morgan fingerprint density at radius 1 is 1.39 bits per heavy atom. The molecule has 5 nitrogen and oxygen atoms in total. The van der Waals surface area contributed by atoms with E-state index < -0.39 is 0 Å². The molecule has 0 bridgehead atoms. The standard InChI is InChI=1S/C17H25N3O2.ClH/c1-20-12-15(17(13-20)5-10-22-11-6-17)16(21)19-9-4-14-2-7-18-8-3-14;/h2-3,7-8,15H,4-6,9-13H2,1H3,(H,19,21);1H. The minimum atomic E-state index is 0. The molecular weight excluding hydrogens is 314 g/mol. The second-order valence-electron chi connectivity index (χ2n) is 6.62. The summed E-state index contributed by atoms with van der Waals surface area (Å²) in [5.41, 5.74) is 1.33. The van der Waals surface area contributed by atoms with Crippen molar-refractivity contribution in [3.8, 4) is 0 Å². The van der Waals surface area contributed by atoms with Crippen molar-refractivity contribution in [2.75, 3.05) is 39.9 Å². The zero-order valence-corrected chi connectivity index (χ0v) is 14.5. The van der Waals surface area contributed by atoms with Crippen LogP contribution in [0.1, 0.15) is 18.4 Å². The maximum atomic E-state index is 12.7. The molecule has 0 aliphatic carbocycles. The Labute approximate surface area is 144 Å². The van der Waals surface area contributed by atoms with Crippen molar-refractivity contribution in [1.82, 2.24) is 15.2 Å². The molecule has 0 aromatic carbocycles. The lowest BCUT2D eigenvalue weighted by molar-refractivity contribution is -0.129. The van der Waals surface area contributed by atoms with E-state index >= 15 is 0 Å². The van der Waals surface area contributed by atoms with E-state index in [0.717, 1.165) is 45.6 Å². The lowest BCUT2D eigenvalue weighted by atomic mass is 9.72. The summed E-state index contributed by atoms with van der Waals surface area (Å²) in [4.78, 5) is 19.0. The highest BCUT2D eigenvalue weighted by Gasteiger charge is 2.49. The average Bonchev–Trinajstić information content (AvgIpc) is 2.85. The normalized spacial score (nSPS) is 23.4. The topological polar surface area (TPSA) is 54.5 Å². The summed E-state index contributed by atoms with van der Waals surface area (Å²) in [6.45, 7) is 4.14. The monoisotopic (exact) mass is 339 g/mol. The summed E-state index contributed by atoms with van der Waals surface area (Å²) in [6.07, 6.45) is 6.44. The number of carbonyl (C=O) groups is 1. The minimum Gasteiger partial charge on any atom is -0.381 e. The van der Waals surface area contributed by atoms with Crippen LogP contribution in [0, 0.1) is 11.3 Å². The van der Waals surface area contributed by atoms with Gasteiger partial charge in [0.25, 0.3) is 0 Å².